The molecule has 1 atom stereocenters. The molecule has 3 N–H and O–H groups in total. The van der Waals surface area contributed by atoms with Crippen molar-refractivity contribution >= 4 is 34.4 Å². The van der Waals surface area contributed by atoms with E-state index < -0.39 is 6.04 Å². The van der Waals surface area contributed by atoms with Gasteiger partial charge in [-0.15, -0.1) is 0 Å². The number of allylic oxidation sites excluding steroid dienone is 2. The van der Waals surface area contributed by atoms with E-state index in [-0.39, 0.29) is 5.91 Å². The average molecular weight is 435 g/mol. The first-order chi connectivity index (χ1) is 15.0. The van der Waals surface area contributed by atoms with E-state index in [1.165, 1.54) is 6.33 Å². The summed E-state index contributed by atoms with van der Waals surface area (Å²) in [5, 5.41) is 12.2. The molecule has 1 aliphatic rings. The van der Waals surface area contributed by atoms with Crippen LogP contribution in [0.4, 0.5) is 5.95 Å². The number of hydrogen-bond donors (Lipinski definition) is 3. The number of nitrogens with one attached hydrogen (secondary N) is 3. The molecule has 0 radical (unpaired) electrons. The van der Waals surface area contributed by atoms with Crippen LogP contribution in [0, 0.1) is 0 Å². The smallest absolute Gasteiger partial charge is 0.255 e. The molecule has 0 spiro atoms. The second kappa shape index (κ2) is 7.48. The van der Waals surface area contributed by atoms with Crippen molar-refractivity contribution < 1.29 is 9.53 Å². The van der Waals surface area contributed by atoms with E-state index in [2.05, 4.69) is 25.7 Å². The van der Waals surface area contributed by atoms with Gasteiger partial charge in [0.15, 0.2) is 0 Å². The monoisotopic (exact) mass is 434 g/mol. The fourth-order valence-corrected chi connectivity index (χ4v) is 3.94. The number of methoxy groups -OCH3 is 1. The van der Waals surface area contributed by atoms with Gasteiger partial charge < -0.3 is 20.4 Å². The lowest BCUT2D eigenvalue weighted by Gasteiger charge is -2.29. The Bertz CT molecular complexity index is 1320. The lowest BCUT2D eigenvalue weighted by atomic mass is 9.99. The number of nitrogens with zero attached hydrogens (tertiary/aromatic N) is 3. The first-order valence-corrected chi connectivity index (χ1v) is 10.0. The van der Waals surface area contributed by atoms with Crippen molar-refractivity contribution in [3.8, 4) is 5.75 Å². The summed E-state index contributed by atoms with van der Waals surface area (Å²) in [6.45, 7) is 1.90. The Labute approximate surface area is 182 Å². The molecule has 4 aromatic rings. The number of hydrogen-bond acceptors (Lipinski definition) is 5. The number of carbonyl (C=O) groups is 1. The van der Waals surface area contributed by atoms with E-state index in [1.54, 1.807) is 36.1 Å². The van der Waals surface area contributed by atoms with E-state index in [0.717, 1.165) is 27.9 Å². The Morgan fingerprint density at radius 1 is 1.23 bits per heavy atom. The molecule has 0 aliphatic carbocycles. The summed E-state index contributed by atoms with van der Waals surface area (Å²) in [4.78, 5) is 20.6. The number of fused-ring (bicyclic) bond motifs is 2. The number of anilines is 1. The van der Waals surface area contributed by atoms with Crippen molar-refractivity contribution in [2.75, 3.05) is 12.4 Å². The zero-order valence-corrected chi connectivity index (χ0v) is 17.6. The molecule has 31 heavy (non-hydrogen) atoms. The Morgan fingerprint density at radius 3 is 2.81 bits per heavy atom. The van der Waals surface area contributed by atoms with E-state index in [0.29, 0.717) is 22.2 Å². The van der Waals surface area contributed by atoms with Crippen LogP contribution in [0.1, 0.15) is 28.9 Å². The molecule has 156 valence electrons. The van der Waals surface area contributed by atoms with Crippen LogP contribution in [0.2, 0.25) is 5.02 Å². The third kappa shape index (κ3) is 3.30. The number of aromatic nitrogens is 4. The van der Waals surface area contributed by atoms with Gasteiger partial charge in [0, 0.05) is 38.9 Å². The van der Waals surface area contributed by atoms with Crippen molar-refractivity contribution in [1.82, 2.24) is 25.1 Å². The molecule has 1 aliphatic heterocycles. The molecule has 0 saturated heterocycles. The molecule has 5 rings (SSSR count). The van der Waals surface area contributed by atoms with Crippen LogP contribution in [0.5, 0.6) is 5.75 Å². The minimum Gasteiger partial charge on any atom is -0.497 e. The molecule has 1 amide bonds. The summed E-state index contributed by atoms with van der Waals surface area (Å²) >= 11 is 5.96. The van der Waals surface area contributed by atoms with Gasteiger partial charge in [-0.3, -0.25) is 4.79 Å². The van der Waals surface area contributed by atoms with Crippen LogP contribution in [0.3, 0.4) is 0 Å². The van der Waals surface area contributed by atoms with Gasteiger partial charge in [-0.25, -0.2) is 4.68 Å². The zero-order chi connectivity index (χ0) is 21.5. The average Bonchev–Trinajstić information content (AvgIpc) is 3.41. The lowest BCUT2D eigenvalue weighted by Crippen LogP contribution is -2.35. The minimum atomic E-state index is -0.393. The maximum Gasteiger partial charge on any atom is 0.255 e. The van der Waals surface area contributed by atoms with Crippen molar-refractivity contribution in [2.45, 2.75) is 13.0 Å². The van der Waals surface area contributed by atoms with Gasteiger partial charge in [-0.1, -0.05) is 11.6 Å². The first-order valence-electron chi connectivity index (χ1n) is 9.64. The highest BCUT2D eigenvalue weighted by molar-refractivity contribution is 6.30. The fourth-order valence-electron chi connectivity index (χ4n) is 3.81. The Kier molecular flexibility index (Phi) is 4.63. The predicted molar refractivity (Wildman–Crippen MR) is 118 cm³/mol. The van der Waals surface area contributed by atoms with E-state index in [4.69, 9.17) is 16.3 Å². The van der Waals surface area contributed by atoms with Gasteiger partial charge in [0.2, 0.25) is 5.95 Å². The van der Waals surface area contributed by atoms with Gasteiger partial charge in [-0.05, 0) is 49.4 Å². The van der Waals surface area contributed by atoms with Crippen LogP contribution in [0.15, 0.2) is 66.4 Å². The fraction of sp³-hybridized carbons (Fsp3) is 0.136. The topological polar surface area (TPSA) is 96.9 Å². The molecule has 0 fully saturated rings. The standard InChI is InChI=1S/C22H19ClN6O2/c1-12-19(28-21(30)13-3-5-14(23)6-4-13)20(29-22(27-12)25-11-26-29)17-10-24-18-8-7-15(31-2)9-16(17)18/h3-11,20,24H,1-2H3,(H,28,30)(H,25,26,27). The number of H-pyrrole nitrogens is 1. The number of halogens is 1. The third-order valence-corrected chi connectivity index (χ3v) is 5.62. The highest BCUT2D eigenvalue weighted by Crippen LogP contribution is 2.37. The Balaban J connectivity index is 1.61. The van der Waals surface area contributed by atoms with Gasteiger partial charge in [0.05, 0.1) is 12.8 Å². The minimum absolute atomic E-state index is 0.237. The summed E-state index contributed by atoms with van der Waals surface area (Å²) in [7, 11) is 1.63. The Hall–Kier alpha value is -3.78. The summed E-state index contributed by atoms with van der Waals surface area (Å²) in [6.07, 6.45) is 3.41. The first kappa shape index (κ1) is 19.2. The molecule has 9 heteroatoms. The van der Waals surface area contributed by atoms with Crippen molar-refractivity contribution in [1.29, 1.82) is 0 Å². The van der Waals surface area contributed by atoms with E-state index in [1.807, 2.05) is 31.3 Å². The molecule has 2 aromatic carbocycles. The predicted octanol–water partition coefficient (Wildman–Crippen LogP) is 4.10. The van der Waals surface area contributed by atoms with Crippen LogP contribution >= 0.6 is 11.6 Å². The van der Waals surface area contributed by atoms with Gasteiger partial charge >= 0.3 is 0 Å². The molecule has 0 bridgehead atoms. The molecule has 0 saturated carbocycles. The quantitative estimate of drug-likeness (QED) is 0.449. The van der Waals surface area contributed by atoms with Crippen molar-refractivity contribution in [3.63, 3.8) is 0 Å². The SMILES string of the molecule is COc1ccc2[nH]cc(C3C(NC(=O)c4ccc(Cl)cc4)=C(C)Nc4ncnn43)c2c1. The molecule has 8 nitrogen and oxygen atoms in total. The molecule has 1 unspecified atom stereocenters. The normalized spacial score (nSPS) is 15.5. The second-order valence-corrected chi connectivity index (χ2v) is 7.65. The van der Waals surface area contributed by atoms with Crippen LogP contribution in [-0.4, -0.2) is 32.8 Å². The number of carbonyl (C=O) groups excluding carboxylic acids is 1. The maximum atomic E-state index is 13.0. The summed E-state index contributed by atoms with van der Waals surface area (Å²) in [5.41, 5.74) is 3.87. The lowest BCUT2D eigenvalue weighted by molar-refractivity contribution is 0.0961. The number of benzene rings is 2. The van der Waals surface area contributed by atoms with Crippen LogP contribution in [-0.2, 0) is 0 Å². The largest absolute Gasteiger partial charge is 0.497 e. The molecular formula is C22H19ClN6O2. The summed E-state index contributed by atoms with van der Waals surface area (Å²) in [5.74, 6) is 1.11. The van der Waals surface area contributed by atoms with E-state index >= 15 is 0 Å². The number of ether oxygens (including phenoxy) is 1. The number of amides is 1. The Morgan fingerprint density at radius 2 is 2.03 bits per heavy atom. The summed E-state index contributed by atoms with van der Waals surface area (Å²) < 4.78 is 7.17. The summed E-state index contributed by atoms with van der Waals surface area (Å²) in [6, 6.07) is 12.2. The highest BCUT2D eigenvalue weighted by Gasteiger charge is 2.32. The second-order valence-electron chi connectivity index (χ2n) is 7.21. The molecular weight excluding hydrogens is 416 g/mol. The number of aromatic amines is 1. The van der Waals surface area contributed by atoms with Crippen molar-refractivity contribution in [3.05, 3.63) is 82.5 Å². The zero-order valence-electron chi connectivity index (χ0n) is 16.8. The van der Waals surface area contributed by atoms with Gasteiger partial charge in [0.25, 0.3) is 5.91 Å². The van der Waals surface area contributed by atoms with Crippen molar-refractivity contribution in [2.24, 2.45) is 0 Å². The number of rotatable bonds is 4. The maximum absolute atomic E-state index is 13.0. The third-order valence-electron chi connectivity index (χ3n) is 5.36. The molecule has 3 heterocycles. The molecule has 2 aromatic heterocycles. The van der Waals surface area contributed by atoms with Crippen LogP contribution < -0.4 is 15.4 Å². The highest BCUT2D eigenvalue weighted by atomic mass is 35.5. The van der Waals surface area contributed by atoms with Crippen LogP contribution in [0.25, 0.3) is 10.9 Å². The van der Waals surface area contributed by atoms with Gasteiger partial charge in [-0.2, -0.15) is 10.1 Å². The van der Waals surface area contributed by atoms with E-state index in [9.17, 15) is 4.79 Å². The van der Waals surface area contributed by atoms with Gasteiger partial charge in [0.1, 0.15) is 18.1 Å².